The molecule has 7 heteroatoms. The van der Waals surface area contributed by atoms with Crippen molar-refractivity contribution in [3.63, 3.8) is 0 Å². The van der Waals surface area contributed by atoms with Gasteiger partial charge >= 0.3 is 0 Å². The summed E-state index contributed by atoms with van der Waals surface area (Å²) in [6.07, 6.45) is 2.88. The zero-order chi connectivity index (χ0) is 15.2. The van der Waals surface area contributed by atoms with Gasteiger partial charge in [-0.25, -0.2) is 13.1 Å². The van der Waals surface area contributed by atoms with Crippen molar-refractivity contribution in [2.45, 2.75) is 43.2 Å². The molecule has 0 aliphatic heterocycles. The average molecular weight is 337 g/mol. The summed E-state index contributed by atoms with van der Waals surface area (Å²) in [6, 6.07) is 1.76. The molecular formula is C13H24N2O2S3. The second-order valence-corrected chi connectivity index (χ2v) is 9.09. The van der Waals surface area contributed by atoms with Crippen LogP contribution in [0.1, 0.15) is 30.7 Å². The maximum absolute atomic E-state index is 12.2. The van der Waals surface area contributed by atoms with Crippen LogP contribution in [0.3, 0.4) is 0 Å². The highest BCUT2D eigenvalue weighted by Crippen LogP contribution is 2.25. The topological polar surface area (TPSA) is 58.2 Å². The smallest absolute Gasteiger partial charge is 0.250 e. The Balaban J connectivity index is 2.67. The molecule has 0 spiro atoms. The van der Waals surface area contributed by atoms with Crippen LogP contribution in [0, 0.1) is 6.92 Å². The van der Waals surface area contributed by atoms with E-state index in [1.165, 1.54) is 11.3 Å². The zero-order valence-electron chi connectivity index (χ0n) is 12.5. The van der Waals surface area contributed by atoms with Crippen LogP contribution in [-0.4, -0.2) is 33.0 Å². The molecule has 0 amide bonds. The lowest BCUT2D eigenvalue weighted by Gasteiger charge is -2.08. The number of hydrogen-bond donors (Lipinski definition) is 2. The molecule has 1 atom stereocenters. The van der Waals surface area contributed by atoms with E-state index in [0.29, 0.717) is 16.0 Å². The van der Waals surface area contributed by atoms with Crippen LogP contribution in [0.4, 0.5) is 0 Å². The van der Waals surface area contributed by atoms with Crippen molar-refractivity contribution in [2.24, 2.45) is 0 Å². The quantitative estimate of drug-likeness (QED) is 0.728. The molecule has 0 radical (unpaired) electrons. The number of hydrogen-bond acceptors (Lipinski definition) is 5. The molecule has 116 valence electrons. The third kappa shape index (κ3) is 5.37. The Bertz CT molecular complexity index is 512. The van der Waals surface area contributed by atoms with Crippen LogP contribution in [0.25, 0.3) is 0 Å². The van der Waals surface area contributed by atoms with Crippen molar-refractivity contribution in [2.75, 3.05) is 19.3 Å². The van der Waals surface area contributed by atoms with E-state index in [1.54, 1.807) is 17.8 Å². The normalized spacial score (nSPS) is 13.6. The van der Waals surface area contributed by atoms with Gasteiger partial charge in [-0.3, -0.25) is 0 Å². The first-order valence-corrected chi connectivity index (χ1v) is 10.3. The summed E-state index contributed by atoms with van der Waals surface area (Å²) >= 11 is 3.10. The molecule has 0 fully saturated rings. The first-order valence-electron chi connectivity index (χ1n) is 6.73. The maximum atomic E-state index is 12.2. The van der Waals surface area contributed by atoms with E-state index in [-0.39, 0.29) is 0 Å². The fourth-order valence-electron chi connectivity index (χ4n) is 1.62. The van der Waals surface area contributed by atoms with Crippen molar-refractivity contribution in [1.29, 1.82) is 0 Å². The van der Waals surface area contributed by atoms with E-state index in [0.717, 1.165) is 30.0 Å². The second kappa shape index (κ2) is 8.38. The largest absolute Gasteiger partial charge is 0.312 e. The van der Waals surface area contributed by atoms with Crippen molar-refractivity contribution in [3.8, 4) is 0 Å². The summed E-state index contributed by atoms with van der Waals surface area (Å²) in [6.45, 7) is 8.19. The minimum atomic E-state index is -3.36. The minimum absolute atomic E-state index is 0.416. The molecule has 0 saturated heterocycles. The summed E-state index contributed by atoms with van der Waals surface area (Å²) in [5.41, 5.74) is 1.04. The number of rotatable bonds is 9. The van der Waals surface area contributed by atoms with Gasteiger partial charge in [-0.1, -0.05) is 13.8 Å². The molecule has 0 aliphatic rings. The van der Waals surface area contributed by atoms with Crippen molar-refractivity contribution >= 4 is 33.1 Å². The predicted octanol–water partition coefficient (Wildman–Crippen LogP) is 2.59. The van der Waals surface area contributed by atoms with Gasteiger partial charge in [0.05, 0.1) is 0 Å². The average Bonchev–Trinajstić information content (AvgIpc) is 2.78. The molecule has 0 saturated carbocycles. The van der Waals surface area contributed by atoms with Gasteiger partial charge in [0.15, 0.2) is 0 Å². The van der Waals surface area contributed by atoms with E-state index in [9.17, 15) is 8.42 Å². The highest BCUT2D eigenvalue weighted by Gasteiger charge is 2.18. The highest BCUT2D eigenvalue weighted by molar-refractivity contribution is 7.99. The van der Waals surface area contributed by atoms with Gasteiger partial charge in [-0.2, -0.15) is 11.8 Å². The fraction of sp³-hybridized carbons (Fsp3) is 0.692. The van der Waals surface area contributed by atoms with Crippen LogP contribution in [-0.2, 0) is 16.6 Å². The van der Waals surface area contributed by atoms with Crippen LogP contribution < -0.4 is 10.0 Å². The molecule has 1 aromatic heterocycles. The summed E-state index contributed by atoms with van der Waals surface area (Å²) in [5.74, 6) is 0. The Morgan fingerprint density at radius 3 is 2.75 bits per heavy atom. The minimum Gasteiger partial charge on any atom is -0.312 e. The van der Waals surface area contributed by atoms with Gasteiger partial charge < -0.3 is 5.32 Å². The summed E-state index contributed by atoms with van der Waals surface area (Å²) in [4.78, 5) is 1.09. The summed E-state index contributed by atoms with van der Waals surface area (Å²) in [7, 11) is -3.36. The standard InChI is InChI=1S/C13H24N2O2S3/c1-5-14-9-12-10(2)8-13(19-12)20(16,17)15-7-6-11(3)18-4/h8,11,14-15H,5-7,9H2,1-4H3. The number of nitrogens with one attached hydrogen (secondary N) is 2. The summed E-state index contributed by atoms with van der Waals surface area (Å²) in [5, 5.41) is 3.69. The van der Waals surface area contributed by atoms with Crippen molar-refractivity contribution in [1.82, 2.24) is 10.0 Å². The Hall–Kier alpha value is -0.0800. The third-order valence-corrected chi connectivity index (χ3v) is 7.26. The van der Waals surface area contributed by atoms with Crippen molar-refractivity contribution < 1.29 is 8.42 Å². The van der Waals surface area contributed by atoms with Crippen LogP contribution in [0.2, 0.25) is 0 Å². The predicted molar refractivity (Wildman–Crippen MR) is 89.2 cm³/mol. The SMILES string of the molecule is CCNCc1sc(S(=O)(=O)NCCC(C)SC)cc1C. The zero-order valence-corrected chi connectivity index (χ0v) is 15.0. The number of sulfonamides is 1. The Morgan fingerprint density at radius 2 is 2.15 bits per heavy atom. The Kier molecular flexibility index (Phi) is 7.53. The van der Waals surface area contributed by atoms with Gasteiger partial charge in [0.1, 0.15) is 4.21 Å². The Labute approximate surface area is 130 Å². The second-order valence-electron chi connectivity index (χ2n) is 4.68. The molecule has 0 bridgehead atoms. The van der Waals surface area contributed by atoms with E-state index >= 15 is 0 Å². The van der Waals surface area contributed by atoms with Gasteiger partial charge in [0.2, 0.25) is 10.0 Å². The van der Waals surface area contributed by atoms with Gasteiger partial charge in [0.25, 0.3) is 0 Å². The lowest BCUT2D eigenvalue weighted by atomic mass is 10.3. The number of thioether (sulfide) groups is 1. The fourth-order valence-corrected chi connectivity index (χ4v) is 4.63. The molecular weight excluding hydrogens is 312 g/mol. The van der Waals surface area contributed by atoms with Crippen LogP contribution in [0.5, 0.6) is 0 Å². The van der Waals surface area contributed by atoms with Crippen molar-refractivity contribution in [3.05, 3.63) is 16.5 Å². The molecule has 0 aliphatic carbocycles. The highest BCUT2D eigenvalue weighted by atomic mass is 32.2. The monoisotopic (exact) mass is 336 g/mol. The third-order valence-electron chi connectivity index (χ3n) is 3.04. The molecule has 1 aromatic rings. The van der Waals surface area contributed by atoms with Crippen LogP contribution >= 0.6 is 23.1 Å². The first kappa shape index (κ1) is 18.0. The van der Waals surface area contributed by atoms with E-state index in [4.69, 9.17) is 0 Å². The van der Waals surface area contributed by atoms with Gasteiger partial charge in [-0.05, 0) is 37.8 Å². The number of aryl methyl sites for hydroxylation is 1. The molecule has 1 rings (SSSR count). The maximum Gasteiger partial charge on any atom is 0.250 e. The van der Waals surface area contributed by atoms with Crippen LogP contribution in [0.15, 0.2) is 10.3 Å². The molecule has 2 N–H and O–H groups in total. The Morgan fingerprint density at radius 1 is 1.45 bits per heavy atom. The first-order chi connectivity index (χ1) is 9.40. The lowest BCUT2D eigenvalue weighted by Crippen LogP contribution is -2.25. The van der Waals surface area contributed by atoms with Gasteiger partial charge in [-0.15, -0.1) is 11.3 Å². The molecule has 1 heterocycles. The summed E-state index contributed by atoms with van der Waals surface area (Å²) < 4.78 is 27.5. The molecule has 1 unspecified atom stereocenters. The molecule has 20 heavy (non-hydrogen) atoms. The van der Waals surface area contributed by atoms with E-state index < -0.39 is 10.0 Å². The number of thiophene rings is 1. The molecule has 0 aromatic carbocycles. The lowest BCUT2D eigenvalue weighted by molar-refractivity contribution is 0.581. The molecule has 4 nitrogen and oxygen atoms in total. The van der Waals surface area contributed by atoms with E-state index in [2.05, 4.69) is 17.0 Å². The van der Waals surface area contributed by atoms with Gasteiger partial charge in [0, 0.05) is 23.2 Å². The van der Waals surface area contributed by atoms with E-state index in [1.807, 2.05) is 20.1 Å².